The molecule has 4 nitrogen and oxygen atoms in total. The summed E-state index contributed by atoms with van der Waals surface area (Å²) in [7, 11) is 0. The maximum Gasteiger partial charge on any atom is 0.223 e. The number of nitrogens with two attached hydrogens (primary N) is 1. The Balaban J connectivity index is 2.15. The van der Waals surface area contributed by atoms with Crippen LogP contribution in [0.3, 0.4) is 0 Å². The summed E-state index contributed by atoms with van der Waals surface area (Å²) in [5, 5.41) is 0. The van der Waals surface area contributed by atoms with Crippen molar-refractivity contribution in [2.24, 2.45) is 0 Å². The van der Waals surface area contributed by atoms with Gasteiger partial charge in [-0.05, 0) is 12.8 Å². The SMILES string of the molecule is CCc1nc(N)nc(C2CCCCCCC2)n1. The molecule has 0 aromatic carbocycles. The number of aryl methyl sites for hydroxylation is 1. The van der Waals surface area contributed by atoms with Crippen LogP contribution in [0.2, 0.25) is 0 Å². The molecule has 0 bridgehead atoms. The van der Waals surface area contributed by atoms with Crippen molar-refractivity contribution in [2.75, 3.05) is 5.73 Å². The number of hydrogen-bond donors (Lipinski definition) is 1. The van der Waals surface area contributed by atoms with Crippen LogP contribution >= 0.6 is 0 Å². The van der Waals surface area contributed by atoms with Gasteiger partial charge in [-0.1, -0.05) is 39.0 Å². The van der Waals surface area contributed by atoms with Crippen molar-refractivity contribution in [3.05, 3.63) is 11.6 Å². The van der Waals surface area contributed by atoms with Crippen LogP contribution in [-0.2, 0) is 6.42 Å². The van der Waals surface area contributed by atoms with Gasteiger partial charge in [0.05, 0.1) is 0 Å². The minimum absolute atomic E-state index is 0.383. The van der Waals surface area contributed by atoms with E-state index in [0.717, 1.165) is 18.1 Å². The van der Waals surface area contributed by atoms with Crippen molar-refractivity contribution in [1.29, 1.82) is 0 Å². The molecule has 0 unspecified atom stereocenters. The highest BCUT2D eigenvalue weighted by Gasteiger charge is 2.17. The van der Waals surface area contributed by atoms with Gasteiger partial charge >= 0.3 is 0 Å². The number of rotatable bonds is 2. The third-order valence-electron chi connectivity index (χ3n) is 3.50. The quantitative estimate of drug-likeness (QED) is 0.854. The molecular weight excluding hydrogens is 212 g/mol. The van der Waals surface area contributed by atoms with Crippen LogP contribution in [0.15, 0.2) is 0 Å². The molecule has 94 valence electrons. The highest BCUT2D eigenvalue weighted by Crippen LogP contribution is 2.28. The molecule has 0 spiro atoms. The second-order valence-corrected chi connectivity index (χ2v) is 4.86. The van der Waals surface area contributed by atoms with Crippen LogP contribution < -0.4 is 5.73 Å². The summed E-state index contributed by atoms with van der Waals surface area (Å²) in [5.41, 5.74) is 5.75. The van der Waals surface area contributed by atoms with Crippen molar-refractivity contribution in [3.63, 3.8) is 0 Å². The molecule has 0 saturated heterocycles. The molecule has 0 atom stereocenters. The molecule has 1 aliphatic carbocycles. The van der Waals surface area contributed by atoms with Crippen molar-refractivity contribution in [2.45, 2.75) is 64.2 Å². The summed E-state index contributed by atoms with van der Waals surface area (Å²) in [6.07, 6.45) is 9.88. The molecular formula is C13H22N4. The lowest BCUT2D eigenvalue weighted by atomic mass is 9.90. The summed E-state index contributed by atoms with van der Waals surface area (Å²) in [6.45, 7) is 2.05. The van der Waals surface area contributed by atoms with E-state index in [0.29, 0.717) is 11.9 Å². The molecule has 1 aliphatic rings. The molecule has 0 amide bonds. The van der Waals surface area contributed by atoms with E-state index >= 15 is 0 Å². The largest absolute Gasteiger partial charge is 0.368 e. The van der Waals surface area contributed by atoms with Crippen LogP contribution in [-0.4, -0.2) is 15.0 Å². The third kappa shape index (κ3) is 3.38. The van der Waals surface area contributed by atoms with Crippen molar-refractivity contribution in [1.82, 2.24) is 15.0 Å². The summed E-state index contributed by atoms with van der Waals surface area (Å²) in [5.74, 6) is 2.63. The first-order valence-electron chi connectivity index (χ1n) is 6.80. The first kappa shape index (κ1) is 12.3. The standard InChI is InChI=1S/C13H22N4/c1-2-11-15-12(17-13(14)16-11)10-8-6-4-3-5-7-9-10/h10H,2-9H2,1H3,(H2,14,15,16,17). The van der Waals surface area contributed by atoms with Crippen LogP contribution in [0.5, 0.6) is 0 Å². The number of nitrogens with zero attached hydrogens (tertiary/aromatic N) is 3. The van der Waals surface area contributed by atoms with Crippen LogP contribution in [0.1, 0.15) is 69.4 Å². The predicted octanol–water partition coefficient (Wildman–Crippen LogP) is 2.84. The average Bonchev–Trinajstić information content (AvgIpc) is 2.27. The molecule has 2 rings (SSSR count). The van der Waals surface area contributed by atoms with Gasteiger partial charge in [0, 0.05) is 12.3 Å². The van der Waals surface area contributed by atoms with E-state index < -0.39 is 0 Å². The Kier molecular flexibility index (Phi) is 4.29. The number of aromatic nitrogens is 3. The zero-order valence-corrected chi connectivity index (χ0v) is 10.7. The molecule has 0 aliphatic heterocycles. The van der Waals surface area contributed by atoms with E-state index in [2.05, 4.69) is 21.9 Å². The Bertz CT molecular complexity index is 356. The van der Waals surface area contributed by atoms with E-state index in [-0.39, 0.29) is 0 Å². The van der Waals surface area contributed by atoms with Crippen molar-refractivity contribution >= 4 is 5.95 Å². The second-order valence-electron chi connectivity index (χ2n) is 4.86. The highest BCUT2D eigenvalue weighted by atomic mass is 15.1. The molecule has 1 fully saturated rings. The van der Waals surface area contributed by atoms with E-state index in [1.807, 2.05) is 0 Å². The van der Waals surface area contributed by atoms with Gasteiger partial charge in [-0.2, -0.15) is 9.97 Å². The van der Waals surface area contributed by atoms with Gasteiger partial charge in [0.1, 0.15) is 11.6 Å². The zero-order valence-electron chi connectivity index (χ0n) is 10.7. The van der Waals surface area contributed by atoms with Crippen LogP contribution in [0, 0.1) is 0 Å². The molecule has 0 radical (unpaired) electrons. The van der Waals surface area contributed by atoms with E-state index in [4.69, 9.17) is 5.73 Å². The summed E-state index contributed by atoms with van der Waals surface area (Å²) in [6, 6.07) is 0. The third-order valence-corrected chi connectivity index (χ3v) is 3.50. The molecule has 1 aromatic rings. The Hall–Kier alpha value is -1.19. The molecule has 4 heteroatoms. The van der Waals surface area contributed by atoms with Gasteiger partial charge in [0.15, 0.2) is 0 Å². The predicted molar refractivity (Wildman–Crippen MR) is 68.7 cm³/mol. The topological polar surface area (TPSA) is 64.7 Å². The first-order valence-corrected chi connectivity index (χ1v) is 6.80. The van der Waals surface area contributed by atoms with Gasteiger partial charge in [-0.15, -0.1) is 0 Å². The van der Waals surface area contributed by atoms with E-state index in [1.54, 1.807) is 0 Å². The monoisotopic (exact) mass is 234 g/mol. The van der Waals surface area contributed by atoms with Crippen LogP contribution in [0.4, 0.5) is 5.95 Å². The van der Waals surface area contributed by atoms with E-state index in [1.165, 1.54) is 44.9 Å². The number of hydrogen-bond acceptors (Lipinski definition) is 4. The second kappa shape index (κ2) is 5.94. The molecule has 1 heterocycles. The fourth-order valence-electron chi connectivity index (χ4n) is 2.51. The van der Waals surface area contributed by atoms with Gasteiger partial charge in [0.25, 0.3) is 0 Å². The smallest absolute Gasteiger partial charge is 0.223 e. The van der Waals surface area contributed by atoms with Gasteiger partial charge in [-0.25, -0.2) is 4.98 Å². The van der Waals surface area contributed by atoms with Gasteiger partial charge in [-0.3, -0.25) is 0 Å². The normalized spacial score (nSPS) is 18.6. The summed E-state index contributed by atoms with van der Waals surface area (Å²) >= 11 is 0. The minimum Gasteiger partial charge on any atom is -0.368 e. The Labute approximate surface area is 103 Å². The summed E-state index contributed by atoms with van der Waals surface area (Å²) in [4.78, 5) is 13.0. The zero-order chi connectivity index (χ0) is 12.1. The fourth-order valence-corrected chi connectivity index (χ4v) is 2.51. The Morgan fingerprint density at radius 3 is 2.29 bits per heavy atom. The maximum absolute atomic E-state index is 5.75. The lowest BCUT2D eigenvalue weighted by Gasteiger charge is -2.18. The average molecular weight is 234 g/mol. The lowest BCUT2D eigenvalue weighted by molar-refractivity contribution is 0.440. The van der Waals surface area contributed by atoms with Crippen molar-refractivity contribution in [3.8, 4) is 0 Å². The molecule has 1 aromatic heterocycles. The number of anilines is 1. The lowest BCUT2D eigenvalue weighted by Crippen LogP contribution is -2.12. The number of nitrogen functional groups attached to an aromatic ring is 1. The first-order chi connectivity index (χ1) is 8.29. The summed E-state index contributed by atoms with van der Waals surface area (Å²) < 4.78 is 0. The van der Waals surface area contributed by atoms with E-state index in [9.17, 15) is 0 Å². The Morgan fingerprint density at radius 2 is 1.65 bits per heavy atom. The Morgan fingerprint density at radius 1 is 1.00 bits per heavy atom. The maximum atomic E-state index is 5.75. The molecule has 17 heavy (non-hydrogen) atoms. The minimum atomic E-state index is 0.383. The van der Waals surface area contributed by atoms with Crippen molar-refractivity contribution < 1.29 is 0 Å². The van der Waals surface area contributed by atoms with Gasteiger partial charge < -0.3 is 5.73 Å². The fraction of sp³-hybridized carbons (Fsp3) is 0.769. The van der Waals surface area contributed by atoms with Crippen LogP contribution in [0.25, 0.3) is 0 Å². The highest BCUT2D eigenvalue weighted by molar-refractivity contribution is 5.17. The molecule has 2 N–H and O–H groups in total. The molecule has 1 saturated carbocycles. The van der Waals surface area contributed by atoms with Gasteiger partial charge in [0.2, 0.25) is 5.95 Å².